The predicted molar refractivity (Wildman–Crippen MR) is 120 cm³/mol. The van der Waals surface area contributed by atoms with Crippen molar-refractivity contribution in [2.75, 3.05) is 18.5 Å². The Kier molecular flexibility index (Phi) is 7.63. The summed E-state index contributed by atoms with van der Waals surface area (Å²) in [5, 5.41) is 2.82. The Morgan fingerprint density at radius 2 is 1.63 bits per heavy atom. The van der Waals surface area contributed by atoms with E-state index in [1.54, 1.807) is 49.4 Å². The van der Waals surface area contributed by atoms with Gasteiger partial charge in [0.1, 0.15) is 5.75 Å². The number of hydrogen-bond donors (Lipinski definition) is 1. The van der Waals surface area contributed by atoms with Gasteiger partial charge in [-0.15, -0.1) is 0 Å². The van der Waals surface area contributed by atoms with Gasteiger partial charge in [0.25, 0.3) is 5.91 Å². The summed E-state index contributed by atoms with van der Waals surface area (Å²) in [5.41, 5.74) is 2.73. The van der Waals surface area contributed by atoms with Crippen molar-refractivity contribution in [1.29, 1.82) is 0 Å². The predicted octanol–water partition coefficient (Wildman–Crippen LogP) is 5.50. The van der Waals surface area contributed by atoms with Crippen LogP contribution in [0.15, 0.2) is 77.3 Å². The van der Waals surface area contributed by atoms with Gasteiger partial charge < -0.3 is 14.8 Å². The van der Waals surface area contributed by atoms with Crippen LogP contribution in [0.2, 0.25) is 0 Å². The Labute approximate surface area is 184 Å². The summed E-state index contributed by atoms with van der Waals surface area (Å²) >= 11 is 3.47. The van der Waals surface area contributed by atoms with Crippen LogP contribution in [0.4, 0.5) is 5.69 Å². The molecule has 0 aliphatic rings. The van der Waals surface area contributed by atoms with Gasteiger partial charge in [0.05, 0.1) is 23.2 Å². The second-order valence-electron chi connectivity index (χ2n) is 6.48. The van der Waals surface area contributed by atoms with Crippen molar-refractivity contribution < 1.29 is 19.1 Å². The summed E-state index contributed by atoms with van der Waals surface area (Å²) in [6.45, 7) is 2.61. The molecule has 0 aliphatic carbocycles. The molecule has 3 rings (SSSR count). The van der Waals surface area contributed by atoms with Gasteiger partial charge in [0.15, 0.2) is 0 Å². The standard InChI is InChI=1S/C24H22BrNO4/c1-2-29-24(28)18-8-11-20(12-9-18)26-23(27)19-10-13-22(21(25)16-19)30-15-14-17-6-4-3-5-7-17/h3-13,16H,2,14-15H2,1H3,(H,26,27). The van der Waals surface area contributed by atoms with Crippen LogP contribution in [0, 0.1) is 0 Å². The van der Waals surface area contributed by atoms with Crippen molar-refractivity contribution in [2.24, 2.45) is 0 Å². The van der Waals surface area contributed by atoms with Crippen LogP contribution >= 0.6 is 15.9 Å². The molecule has 0 radical (unpaired) electrons. The molecule has 0 fully saturated rings. The first-order valence-electron chi connectivity index (χ1n) is 9.61. The van der Waals surface area contributed by atoms with E-state index >= 15 is 0 Å². The number of esters is 1. The highest BCUT2D eigenvalue weighted by molar-refractivity contribution is 9.10. The molecule has 0 saturated heterocycles. The van der Waals surface area contributed by atoms with Gasteiger partial charge in [0, 0.05) is 17.7 Å². The number of hydrogen-bond acceptors (Lipinski definition) is 4. The third kappa shape index (κ3) is 5.94. The summed E-state index contributed by atoms with van der Waals surface area (Å²) in [4.78, 5) is 24.2. The minimum Gasteiger partial charge on any atom is -0.492 e. The normalized spacial score (nSPS) is 10.3. The molecule has 5 nitrogen and oxygen atoms in total. The zero-order valence-corrected chi connectivity index (χ0v) is 18.1. The van der Waals surface area contributed by atoms with Gasteiger partial charge in [-0.3, -0.25) is 4.79 Å². The first-order chi connectivity index (χ1) is 14.6. The summed E-state index contributed by atoms with van der Waals surface area (Å²) in [5.74, 6) is 0.0406. The lowest BCUT2D eigenvalue weighted by molar-refractivity contribution is 0.0526. The second kappa shape index (κ2) is 10.6. The molecule has 0 saturated carbocycles. The van der Waals surface area contributed by atoms with E-state index in [0.717, 1.165) is 6.42 Å². The average molecular weight is 468 g/mol. The van der Waals surface area contributed by atoms with Gasteiger partial charge in [-0.25, -0.2) is 4.79 Å². The molecule has 1 amide bonds. The Balaban J connectivity index is 1.57. The summed E-state index contributed by atoms with van der Waals surface area (Å²) in [6, 6.07) is 21.9. The molecule has 0 atom stereocenters. The smallest absolute Gasteiger partial charge is 0.338 e. The molecule has 30 heavy (non-hydrogen) atoms. The maximum absolute atomic E-state index is 12.5. The molecule has 0 bridgehead atoms. The third-order valence-corrected chi connectivity index (χ3v) is 4.96. The van der Waals surface area contributed by atoms with Crippen LogP contribution in [0.1, 0.15) is 33.2 Å². The second-order valence-corrected chi connectivity index (χ2v) is 7.34. The lowest BCUT2D eigenvalue weighted by atomic mass is 10.1. The zero-order chi connectivity index (χ0) is 21.3. The van der Waals surface area contributed by atoms with E-state index in [9.17, 15) is 9.59 Å². The Hall–Kier alpha value is -3.12. The lowest BCUT2D eigenvalue weighted by Gasteiger charge is -2.11. The minimum atomic E-state index is -0.387. The topological polar surface area (TPSA) is 64.6 Å². The fourth-order valence-corrected chi connectivity index (χ4v) is 3.28. The molecule has 0 spiro atoms. The molecule has 0 heterocycles. The molecular weight excluding hydrogens is 446 g/mol. The van der Waals surface area contributed by atoms with E-state index in [2.05, 4.69) is 33.4 Å². The van der Waals surface area contributed by atoms with Crippen LogP contribution in [0.5, 0.6) is 5.75 Å². The maximum Gasteiger partial charge on any atom is 0.338 e. The summed E-state index contributed by atoms with van der Waals surface area (Å²) in [7, 11) is 0. The number of ether oxygens (including phenoxy) is 2. The molecule has 1 N–H and O–H groups in total. The van der Waals surface area contributed by atoms with Crippen LogP contribution in [-0.2, 0) is 11.2 Å². The van der Waals surface area contributed by atoms with E-state index in [0.29, 0.717) is 40.3 Å². The monoisotopic (exact) mass is 467 g/mol. The van der Waals surface area contributed by atoms with E-state index in [-0.39, 0.29) is 11.9 Å². The van der Waals surface area contributed by atoms with E-state index < -0.39 is 0 Å². The van der Waals surface area contributed by atoms with Gasteiger partial charge in [-0.05, 0) is 70.9 Å². The van der Waals surface area contributed by atoms with Crippen molar-refractivity contribution in [2.45, 2.75) is 13.3 Å². The molecular formula is C24H22BrNO4. The molecule has 0 unspecified atom stereocenters. The molecule has 3 aromatic carbocycles. The molecule has 3 aromatic rings. The van der Waals surface area contributed by atoms with E-state index in [1.807, 2.05) is 18.2 Å². The maximum atomic E-state index is 12.5. The highest BCUT2D eigenvalue weighted by atomic mass is 79.9. The number of halogens is 1. The van der Waals surface area contributed by atoms with E-state index in [4.69, 9.17) is 9.47 Å². The Morgan fingerprint density at radius 3 is 2.30 bits per heavy atom. The summed E-state index contributed by atoms with van der Waals surface area (Å²) in [6.07, 6.45) is 0.803. The number of rotatable bonds is 8. The number of benzene rings is 3. The molecule has 154 valence electrons. The lowest BCUT2D eigenvalue weighted by Crippen LogP contribution is -2.12. The van der Waals surface area contributed by atoms with Crippen molar-refractivity contribution >= 4 is 33.5 Å². The average Bonchev–Trinajstić information content (AvgIpc) is 2.76. The van der Waals surface area contributed by atoms with Crippen molar-refractivity contribution in [3.8, 4) is 5.75 Å². The van der Waals surface area contributed by atoms with Crippen molar-refractivity contribution in [3.05, 3.63) is 94.0 Å². The fourth-order valence-electron chi connectivity index (χ4n) is 2.79. The minimum absolute atomic E-state index is 0.254. The SMILES string of the molecule is CCOC(=O)c1ccc(NC(=O)c2ccc(OCCc3ccccc3)c(Br)c2)cc1. The molecule has 6 heteroatoms. The number of anilines is 1. The number of amides is 1. The van der Waals surface area contributed by atoms with Gasteiger partial charge >= 0.3 is 5.97 Å². The number of nitrogens with one attached hydrogen (secondary N) is 1. The fraction of sp³-hybridized carbons (Fsp3) is 0.167. The van der Waals surface area contributed by atoms with Gasteiger partial charge in [-0.2, -0.15) is 0 Å². The highest BCUT2D eigenvalue weighted by Gasteiger charge is 2.11. The van der Waals surface area contributed by atoms with Crippen molar-refractivity contribution in [1.82, 2.24) is 0 Å². The van der Waals surface area contributed by atoms with Crippen LogP contribution in [0.25, 0.3) is 0 Å². The third-order valence-electron chi connectivity index (χ3n) is 4.34. The first kappa shape index (κ1) is 21.6. The Bertz CT molecular complexity index is 1000. The first-order valence-corrected chi connectivity index (χ1v) is 10.4. The van der Waals surface area contributed by atoms with Gasteiger partial charge in [-0.1, -0.05) is 30.3 Å². The van der Waals surface area contributed by atoms with Crippen LogP contribution in [0.3, 0.4) is 0 Å². The Morgan fingerprint density at radius 1 is 0.933 bits per heavy atom. The molecule has 0 aromatic heterocycles. The quantitative estimate of drug-likeness (QED) is 0.444. The van der Waals surface area contributed by atoms with Crippen LogP contribution < -0.4 is 10.1 Å². The zero-order valence-electron chi connectivity index (χ0n) is 16.6. The van der Waals surface area contributed by atoms with Crippen LogP contribution in [-0.4, -0.2) is 25.1 Å². The number of carbonyl (C=O) groups excluding carboxylic acids is 2. The largest absolute Gasteiger partial charge is 0.492 e. The van der Waals surface area contributed by atoms with E-state index in [1.165, 1.54) is 5.56 Å². The van der Waals surface area contributed by atoms with Crippen molar-refractivity contribution in [3.63, 3.8) is 0 Å². The highest BCUT2D eigenvalue weighted by Crippen LogP contribution is 2.26. The van der Waals surface area contributed by atoms with Gasteiger partial charge in [0.2, 0.25) is 0 Å². The number of carbonyl (C=O) groups is 2. The summed E-state index contributed by atoms with van der Waals surface area (Å²) < 4.78 is 11.5. The molecule has 0 aliphatic heterocycles.